The van der Waals surface area contributed by atoms with E-state index in [-0.39, 0.29) is 16.7 Å². The third-order valence-corrected chi connectivity index (χ3v) is 6.52. The van der Waals surface area contributed by atoms with Crippen LogP contribution in [0.2, 0.25) is 0 Å². The lowest BCUT2D eigenvalue weighted by atomic mass is 10.0. The number of hydrogen-bond acceptors (Lipinski definition) is 4. The largest absolute Gasteiger partial charge is 0.271 e. The maximum absolute atomic E-state index is 12.5. The lowest BCUT2D eigenvalue weighted by Gasteiger charge is -2.15. The number of amides is 1. The molecule has 27 heavy (non-hydrogen) atoms. The van der Waals surface area contributed by atoms with Crippen molar-refractivity contribution in [3.05, 3.63) is 65.7 Å². The molecule has 0 aliphatic carbocycles. The Kier molecular flexibility index (Phi) is 6.03. The number of nitrogens with one attached hydrogen (secondary N) is 1. The van der Waals surface area contributed by atoms with Crippen molar-refractivity contribution in [3.63, 3.8) is 0 Å². The van der Waals surface area contributed by atoms with Gasteiger partial charge in [-0.25, -0.2) is 13.8 Å². The molecule has 1 amide bonds. The van der Waals surface area contributed by atoms with E-state index < -0.39 is 10.0 Å². The van der Waals surface area contributed by atoms with Crippen LogP contribution in [0.4, 0.5) is 0 Å². The van der Waals surface area contributed by atoms with Crippen molar-refractivity contribution in [2.24, 2.45) is 5.10 Å². The second-order valence-electron chi connectivity index (χ2n) is 6.55. The summed E-state index contributed by atoms with van der Waals surface area (Å²) < 4.78 is 26.5. The van der Waals surface area contributed by atoms with Crippen LogP contribution < -0.4 is 5.43 Å². The van der Waals surface area contributed by atoms with Gasteiger partial charge >= 0.3 is 0 Å². The van der Waals surface area contributed by atoms with Gasteiger partial charge in [0.2, 0.25) is 10.0 Å². The Morgan fingerprint density at radius 1 is 1.07 bits per heavy atom. The molecule has 0 radical (unpaired) electrons. The Hall–Kier alpha value is -2.51. The number of carbonyl (C=O) groups is 1. The fourth-order valence-electron chi connectivity index (χ4n) is 2.97. The maximum Gasteiger partial charge on any atom is 0.271 e. The average Bonchev–Trinajstić information content (AvgIpc) is 3.24. The van der Waals surface area contributed by atoms with E-state index in [0.29, 0.717) is 18.7 Å². The highest BCUT2D eigenvalue weighted by Gasteiger charge is 2.27. The Morgan fingerprint density at radius 3 is 2.33 bits per heavy atom. The van der Waals surface area contributed by atoms with Gasteiger partial charge in [0.15, 0.2) is 0 Å². The van der Waals surface area contributed by atoms with Gasteiger partial charge < -0.3 is 0 Å². The molecule has 1 atom stereocenters. The molecule has 1 fully saturated rings. The molecule has 1 heterocycles. The van der Waals surface area contributed by atoms with Crippen LogP contribution in [0.5, 0.6) is 0 Å². The van der Waals surface area contributed by atoms with Crippen LogP contribution in [0, 0.1) is 0 Å². The minimum Gasteiger partial charge on any atom is -0.267 e. The molecule has 0 spiro atoms. The molecule has 142 valence electrons. The second kappa shape index (κ2) is 8.45. The number of benzene rings is 2. The fraction of sp³-hybridized carbons (Fsp3) is 0.300. The van der Waals surface area contributed by atoms with E-state index in [9.17, 15) is 13.2 Å². The summed E-state index contributed by atoms with van der Waals surface area (Å²) in [6.45, 7) is 3.10. The summed E-state index contributed by atoms with van der Waals surface area (Å²) in [6, 6.07) is 15.8. The highest BCUT2D eigenvalue weighted by Crippen LogP contribution is 2.21. The highest BCUT2D eigenvalue weighted by molar-refractivity contribution is 7.89. The first-order valence-corrected chi connectivity index (χ1v) is 10.4. The normalized spacial score (nSPS) is 16.5. The molecule has 1 aliphatic rings. The summed E-state index contributed by atoms with van der Waals surface area (Å²) in [5, 5.41) is 4.01. The molecule has 3 rings (SSSR count). The SMILES string of the molecule is C[C@@H](/C=N\NC(=O)c1ccc(S(=O)(=O)N2CCCC2)cc1)c1ccccc1. The molecular weight excluding hydrogens is 362 g/mol. The van der Waals surface area contributed by atoms with Crippen LogP contribution in [-0.4, -0.2) is 37.9 Å². The molecule has 6 nitrogen and oxygen atoms in total. The van der Waals surface area contributed by atoms with Gasteiger partial charge in [0, 0.05) is 30.8 Å². The third kappa shape index (κ3) is 4.61. The zero-order valence-electron chi connectivity index (χ0n) is 15.2. The van der Waals surface area contributed by atoms with Gasteiger partial charge in [-0.3, -0.25) is 4.79 Å². The van der Waals surface area contributed by atoms with Crippen molar-refractivity contribution in [1.82, 2.24) is 9.73 Å². The topological polar surface area (TPSA) is 78.8 Å². The first kappa shape index (κ1) is 19.3. The van der Waals surface area contributed by atoms with Crippen molar-refractivity contribution in [3.8, 4) is 0 Å². The Balaban J connectivity index is 1.61. The van der Waals surface area contributed by atoms with Crippen LogP contribution in [0.25, 0.3) is 0 Å². The molecule has 0 saturated carbocycles. The first-order chi connectivity index (χ1) is 13.0. The van der Waals surface area contributed by atoms with Crippen LogP contribution in [0.3, 0.4) is 0 Å². The van der Waals surface area contributed by atoms with Crippen LogP contribution in [0.1, 0.15) is 41.6 Å². The molecule has 7 heteroatoms. The van der Waals surface area contributed by atoms with Crippen molar-refractivity contribution >= 4 is 22.1 Å². The number of hydrogen-bond donors (Lipinski definition) is 1. The third-order valence-electron chi connectivity index (χ3n) is 4.61. The molecule has 1 saturated heterocycles. The standard InChI is InChI=1S/C20H23N3O3S/c1-16(17-7-3-2-4-8-17)15-21-22-20(24)18-9-11-19(12-10-18)27(25,26)23-13-5-6-14-23/h2-4,7-12,15-16H,5-6,13-14H2,1H3,(H,22,24)/b21-15-/t16-/m0/s1. The molecule has 0 aromatic heterocycles. The summed E-state index contributed by atoms with van der Waals surface area (Å²) in [5.41, 5.74) is 3.95. The van der Waals surface area contributed by atoms with E-state index >= 15 is 0 Å². The lowest BCUT2D eigenvalue weighted by molar-refractivity contribution is 0.0955. The van der Waals surface area contributed by atoms with Gasteiger partial charge in [-0.2, -0.15) is 9.41 Å². The number of carbonyl (C=O) groups excluding carboxylic acids is 1. The van der Waals surface area contributed by atoms with E-state index in [1.54, 1.807) is 6.21 Å². The van der Waals surface area contributed by atoms with Crippen molar-refractivity contribution in [2.75, 3.05) is 13.1 Å². The summed E-state index contributed by atoms with van der Waals surface area (Å²) in [5.74, 6) is -0.309. The van der Waals surface area contributed by atoms with Gasteiger partial charge in [-0.15, -0.1) is 0 Å². The van der Waals surface area contributed by atoms with Gasteiger partial charge in [-0.1, -0.05) is 37.3 Å². The summed E-state index contributed by atoms with van der Waals surface area (Å²) in [6.07, 6.45) is 3.44. The fourth-order valence-corrected chi connectivity index (χ4v) is 4.49. The quantitative estimate of drug-likeness (QED) is 0.613. The van der Waals surface area contributed by atoms with Crippen LogP contribution in [-0.2, 0) is 10.0 Å². The summed E-state index contributed by atoms with van der Waals surface area (Å²) >= 11 is 0. The van der Waals surface area contributed by atoms with Crippen molar-refractivity contribution in [2.45, 2.75) is 30.6 Å². The molecule has 0 unspecified atom stereocenters. The summed E-state index contributed by atoms with van der Waals surface area (Å²) in [4.78, 5) is 12.4. The molecule has 1 N–H and O–H groups in total. The van der Waals surface area contributed by atoms with Gasteiger partial charge in [0.05, 0.1) is 4.90 Å². The van der Waals surface area contributed by atoms with E-state index in [4.69, 9.17) is 0 Å². The number of nitrogens with zero attached hydrogens (tertiary/aromatic N) is 2. The Bertz CT molecular complexity index is 903. The van der Waals surface area contributed by atoms with Crippen molar-refractivity contribution < 1.29 is 13.2 Å². The number of sulfonamides is 1. The molecule has 2 aromatic rings. The van der Waals surface area contributed by atoms with Gasteiger partial charge in [-0.05, 0) is 42.7 Å². The molecule has 0 bridgehead atoms. The van der Waals surface area contributed by atoms with E-state index in [0.717, 1.165) is 18.4 Å². The predicted molar refractivity (Wildman–Crippen MR) is 105 cm³/mol. The number of hydrazone groups is 1. The lowest BCUT2D eigenvalue weighted by Crippen LogP contribution is -2.28. The van der Waals surface area contributed by atoms with Gasteiger partial charge in [0.25, 0.3) is 5.91 Å². The Labute approximate surface area is 159 Å². The highest BCUT2D eigenvalue weighted by atomic mass is 32.2. The van der Waals surface area contributed by atoms with Gasteiger partial charge in [0.1, 0.15) is 0 Å². The predicted octanol–water partition coefficient (Wildman–Crippen LogP) is 2.99. The smallest absolute Gasteiger partial charge is 0.267 e. The van der Waals surface area contributed by atoms with E-state index in [2.05, 4.69) is 10.5 Å². The average molecular weight is 385 g/mol. The molecule has 1 aliphatic heterocycles. The van der Waals surface area contributed by atoms with Crippen molar-refractivity contribution in [1.29, 1.82) is 0 Å². The molecular formula is C20H23N3O3S. The zero-order chi connectivity index (χ0) is 19.3. The van der Waals surface area contributed by atoms with Crippen LogP contribution >= 0.6 is 0 Å². The van der Waals surface area contributed by atoms with E-state index in [1.165, 1.54) is 28.6 Å². The second-order valence-corrected chi connectivity index (χ2v) is 8.49. The monoisotopic (exact) mass is 385 g/mol. The minimum absolute atomic E-state index is 0.0690. The number of rotatable bonds is 6. The maximum atomic E-state index is 12.5. The molecule has 2 aromatic carbocycles. The first-order valence-electron chi connectivity index (χ1n) is 8.97. The summed E-state index contributed by atoms with van der Waals surface area (Å²) in [7, 11) is -3.47. The Morgan fingerprint density at radius 2 is 1.70 bits per heavy atom. The van der Waals surface area contributed by atoms with E-state index in [1.807, 2.05) is 37.3 Å². The zero-order valence-corrected chi connectivity index (χ0v) is 16.0. The minimum atomic E-state index is -3.47. The van der Waals surface area contributed by atoms with Crippen LogP contribution in [0.15, 0.2) is 64.6 Å².